The van der Waals surface area contributed by atoms with E-state index in [2.05, 4.69) is 37.2 Å². The molecule has 3 aromatic rings. The third-order valence-corrected chi connectivity index (χ3v) is 7.53. The van der Waals surface area contributed by atoms with E-state index in [4.69, 9.17) is 0 Å². The van der Waals surface area contributed by atoms with E-state index in [1.54, 1.807) is 12.1 Å². The van der Waals surface area contributed by atoms with Crippen molar-refractivity contribution in [3.8, 4) is 0 Å². The number of carbonyl (C=O) groups excluding carboxylic acids is 1. The fourth-order valence-electron chi connectivity index (χ4n) is 3.08. The Labute approximate surface area is 199 Å². The van der Waals surface area contributed by atoms with Gasteiger partial charge in [-0.2, -0.15) is 4.31 Å². The summed E-state index contributed by atoms with van der Waals surface area (Å²) in [6.07, 6.45) is 0. The molecule has 0 unspecified atom stereocenters. The minimum atomic E-state index is -3.87. The van der Waals surface area contributed by atoms with Gasteiger partial charge in [0, 0.05) is 15.5 Å². The van der Waals surface area contributed by atoms with Gasteiger partial charge in [0.1, 0.15) is 0 Å². The molecule has 0 fully saturated rings. The highest BCUT2D eigenvalue weighted by Crippen LogP contribution is 2.22. The van der Waals surface area contributed by atoms with E-state index in [1.165, 1.54) is 16.4 Å². The highest BCUT2D eigenvalue weighted by molar-refractivity contribution is 9.10. The lowest BCUT2D eigenvalue weighted by Crippen LogP contribution is -2.41. The van der Waals surface area contributed by atoms with Crippen LogP contribution < -0.4 is 5.32 Å². The zero-order valence-corrected chi connectivity index (χ0v) is 20.8. The second-order valence-electron chi connectivity index (χ2n) is 7.06. The van der Waals surface area contributed by atoms with Gasteiger partial charge in [-0.3, -0.25) is 4.79 Å². The van der Waals surface area contributed by atoms with E-state index in [9.17, 15) is 13.2 Å². The first kappa shape index (κ1) is 23.7. The number of sulfonamides is 1. The van der Waals surface area contributed by atoms with Crippen LogP contribution in [-0.4, -0.2) is 25.2 Å². The first-order chi connectivity index (χ1) is 14.8. The fraction of sp³-hybridized carbons (Fsp3) is 0.174. The Hall–Kier alpha value is -2.00. The summed E-state index contributed by atoms with van der Waals surface area (Å²) in [7, 11) is -3.87. The van der Waals surface area contributed by atoms with Gasteiger partial charge in [0.05, 0.1) is 17.5 Å². The number of carbonyl (C=O) groups is 1. The second-order valence-corrected chi connectivity index (χ2v) is 10.8. The lowest BCUT2D eigenvalue weighted by molar-refractivity contribution is -0.122. The van der Waals surface area contributed by atoms with Crippen LogP contribution in [0.3, 0.4) is 0 Å². The minimum absolute atomic E-state index is 0.0952. The molecule has 0 heterocycles. The van der Waals surface area contributed by atoms with Gasteiger partial charge in [0.15, 0.2) is 0 Å². The maximum Gasteiger partial charge on any atom is 0.243 e. The molecule has 0 aliphatic heterocycles. The number of nitrogens with one attached hydrogen (secondary N) is 1. The SMILES string of the molecule is C[C@H](NC(=O)CN(Cc1ccccc1)S(=O)(=O)c1ccc(Br)cc1)c1cccc(Br)c1. The van der Waals surface area contributed by atoms with Crippen molar-refractivity contribution < 1.29 is 13.2 Å². The highest BCUT2D eigenvalue weighted by atomic mass is 79.9. The predicted molar refractivity (Wildman–Crippen MR) is 129 cm³/mol. The molecule has 0 aliphatic carbocycles. The summed E-state index contributed by atoms with van der Waals surface area (Å²) >= 11 is 6.75. The van der Waals surface area contributed by atoms with Crippen LogP contribution >= 0.6 is 31.9 Å². The second kappa shape index (κ2) is 10.5. The smallest absolute Gasteiger partial charge is 0.243 e. The van der Waals surface area contributed by atoms with E-state index in [1.807, 2.05) is 61.5 Å². The predicted octanol–water partition coefficient (Wildman–Crippen LogP) is 5.28. The Bertz CT molecular complexity index is 1140. The Morgan fingerprint density at radius 2 is 1.61 bits per heavy atom. The molecular weight excluding hydrogens is 544 g/mol. The summed E-state index contributed by atoms with van der Waals surface area (Å²) in [4.78, 5) is 12.9. The molecule has 0 saturated carbocycles. The molecule has 1 atom stereocenters. The van der Waals surface area contributed by atoms with E-state index in [0.29, 0.717) is 0 Å². The third kappa shape index (κ3) is 6.49. The summed E-state index contributed by atoms with van der Waals surface area (Å²) in [5.41, 5.74) is 1.73. The van der Waals surface area contributed by atoms with Crippen LogP contribution in [0.5, 0.6) is 0 Å². The standard InChI is InChI=1S/C23H22Br2N2O3S/c1-17(19-8-5-9-21(25)14-19)26-23(28)16-27(15-18-6-3-2-4-7-18)31(29,30)22-12-10-20(24)11-13-22/h2-14,17H,15-16H2,1H3,(H,26,28)/t17-/m0/s1. The van der Waals surface area contributed by atoms with Crippen molar-refractivity contribution in [2.75, 3.05) is 6.54 Å². The lowest BCUT2D eigenvalue weighted by atomic mass is 10.1. The first-order valence-electron chi connectivity index (χ1n) is 9.60. The minimum Gasteiger partial charge on any atom is -0.348 e. The Morgan fingerprint density at radius 1 is 0.935 bits per heavy atom. The van der Waals surface area contributed by atoms with Crippen LogP contribution in [0, 0.1) is 0 Å². The number of amides is 1. The molecule has 5 nitrogen and oxygen atoms in total. The summed E-state index contributed by atoms with van der Waals surface area (Å²) in [6.45, 7) is 1.67. The van der Waals surface area contributed by atoms with Crippen molar-refractivity contribution in [2.45, 2.75) is 24.4 Å². The van der Waals surface area contributed by atoms with Gasteiger partial charge in [-0.15, -0.1) is 0 Å². The molecule has 0 aromatic heterocycles. The summed E-state index contributed by atoms with van der Waals surface area (Å²) < 4.78 is 29.5. The molecular formula is C23H22Br2N2O3S. The molecule has 1 amide bonds. The maximum atomic E-state index is 13.3. The Morgan fingerprint density at radius 3 is 2.26 bits per heavy atom. The molecule has 162 valence electrons. The molecule has 0 aliphatic rings. The summed E-state index contributed by atoms with van der Waals surface area (Å²) in [5.74, 6) is -0.371. The molecule has 3 rings (SSSR count). The van der Waals surface area contributed by atoms with E-state index in [0.717, 1.165) is 20.1 Å². The number of halogens is 2. The van der Waals surface area contributed by atoms with Crippen molar-refractivity contribution in [2.24, 2.45) is 0 Å². The monoisotopic (exact) mass is 564 g/mol. The zero-order chi connectivity index (χ0) is 22.4. The molecule has 3 aromatic carbocycles. The molecule has 0 spiro atoms. The Balaban J connectivity index is 1.82. The third-order valence-electron chi connectivity index (χ3n) is 4.70. The van der Waals surface area contributed by atoms with Gasteiger partial charge in [0.25, 0.3) is 0 Å². The Kier molecular flexibility index (Phi) is 8.05. The van der Waals surface area contributed by atoms with Gasteiger partial charge >= 0.3 is 0 Å². The van der Waals surface area contributed by atoms with Gasteiger partial charge in [-0.25, -0.2) is 8.42 Å². The van der Waals surface area contributed by atoms with Crippen LogP contribution in [-0.2, 0) is 21.4 Å². The van der Waals surface area contributed by atoms with Crippen molar-refractivity contribution in [1.82, 2.24) is 9.62 Å². The van der Waals surface area contributed by atoms with Crippen LogP contribution in [0.1, 0.15) is 24.1 Å². The first-order valence-corrected chi connectivity index (χ1v) is 12.6. The van der Waals surface area contributed by atoms with E-state index >= 15 is 0 Å². The molecule has 1 N–H and O–H groups in total. The number of rotatable bonds is 8. The molecule has 31 heavy (non-hydrogen) atoms. The lowest BCUT2D eigenvalue weighted by Gasteiger charge is -2.23. The van der Waals surface area contributed by atoms with Gasteiger partial charge < -0.3 is 5.32 Å². The average molecular weight is 566 g/mol. The largest absolute Gasteiger partial charge is 0.348 e. The van der Waals surface area contributed by atoms with Crippen LogP contribution in [0.4, 0.5) is 0 Å². The number of hydrogen-bond acceptors (Lipinski definition) is 3. The highest BCUT2D eigenvalue weighted by Gasteiger charge is 2.27. The topological polar surface area (TPSA) is 66.5 Å². The van der Waals surface area contributed by atoms with E-state index < -0.39 is 10.0 Å². The molecule has 0 saturated heterocycles. The van der Waals surface area contributed by atoms with Crippen molar-refractivity contribution in [1.29, 1.82) is 0 Å². The fourth-order valence-corrected chi connectivity index (χ4v) is 5.14. The quantitative estimate of drug-likeness (QED) is 0.404. The normalized spacial score (nSPS) is 12.5. The number of hydrogen-bond donors (Lipinski definition) is 1. The molecule has 8 heteroatoms. The maximum absolute atomic E-state index is 13.3. The van der Waals surface area contributed by atoms with Gasteiger partial charge in [0.2, 0.25) is 15.9 Å². The van der Waals surface area contributed by atoms with Crippen LogP contribution in [0.2, 0.25) is 0 Å². The molecule has 0 bridgehead atoms. The van der Waals surface area contributed by atoms with Crippen molar-refractivity contribution in [3.63, 3.8) is 0 Å². The van der Waals surface area contributed by atoms with Crippen LogP contribution in [0.15, 0.2) is 92.7 Å². The summed E-state index contributed by atoms with van der Waals surface area (Å²) in [6, 6.07) is 23.0. The van der Waals surface area contributed by atoms with Gasteiger partial charge in [-0.1, -0.05) is 74.3 Å². The van der Waals surface area contributed by atoms with Crippen LogP contribution in [0.25, 0.3) is 0 Å². The number of nitrogens with zero attached hydrogens (tertiary/aromatic N) is 1. The van der Waals surface area contributed by atoms with Crippen molar-refractivity contribution >= 4 is 47.8 Å². The van der Waals surface area contributed by atoms with Gasteiger partial charge in [-0.05, 0) is 54.4 Å². The van der Waals surface area contributed by atoms with Crippen molar-refractivity contribution in [3.05, 3.63) is 98.9 Å². The molecule has 0 radical (unpaired) electrons. The zero-order valence-electron chi connectivity index (χ0n) is 16.8. The number of benzene rings is 3. The van der Waals surface area contributed by atoms with E-state index in [-0.39, 0.29) is 29.9 Å². The summed E-state index contributed by atoms with van der Waals surface area (Å²) in [5, 5.41) is 2.90. The average Bonchev–Trinajstić information content (AvgIpc) is 2.74.